The highest BCUT2D eigenvalue weighted by atomic mass is 35.5. The zero-order chi connectivity index (χ0) is 34.2. The third kappa shape index (κ3) is 9.43. The second-order valence-corrected chi connectivity index (χ2v) is 13.5. The van der Waals surface area contributed by atoms with Crippen LogP contribution in [-0.4, -0.2) is 120 Å². The molecule has 2 aliphatic rings. The first kappa shape index (κ1) is 37.0. The van der Waals surface area contributed by atoms with Crippen LogP contribution in [0.3, 0.4) is 0 Å². The smallest absolute Gasteiger partial charge is 0.321 e. The summed E-state index contributed by atoms with van der Waals surface area (Å²) >= 11 is 25.0. The van der Waals surface area contributed by atoms with E-state index in [1.807, 2.05) is 17.0 Å². The summed E-state index contributed by atoms with van der Waals surface area (Å²) in [5.74, 6) is -1.25. The molecule has 0 spiro atoms. The molecule has 4 amide bonds. The maximum Gasteiger partial charge on any atom is 0.321 e. The lowest BCUT2D eigenvalue weighted by Crippen LogP contribution is -2.61. The second-order valence-electron chi connectivity index (χ2n) is 11.8. The number of benzene rings is 2. The number of primary amides is 1. The molecule has 2 saturated heterocycles. The van der Waals surface area contributed by atoms with E-state index in [2.05, 4.69) is 10.1 Å². The van der Waals surface area contributed by atoms with Gasteiger partial charge in [-0.3, -0.25) is 9.59 Å². The van der Waals surface area contributed by atoms with Crippen molar-refractivity contribution in [2.24, 2.45) is 10.9 Å². The molecule has 11 nitrogen and oxygen atoms in total. The lowest BCUT2D eigenvalue weighted by molar-refractivity contribution is -0.124. The number of carbonyl (C=O) groups excluding carboxylic acids is 3. The summed E-state index contributed by atoms with van der Waals surface area (Å²) in [4.78, 5) is 50.8. The van der Waals surface area contributed by atoms with E-state index >= 15 is 0 Å². The third-order valence-corrected chi connectivity index (χ3v) is 9.89. The van der Waals surface area contributed by atoms with Crippen molar-refractivity contribution in [2.45, 2.75) is 43.7 Å². The average Bonchev–Trinajstić information content (AvgIpc) is 3.03. The minimum atomic E-state index is -1.02. The van der Waals surface area contributed by atoms with Crippen molar-refractivity contribution in [1.82, 2.24) is 19.6 Å². The molecule has 2 fully saturated rings. The van der Waals surface area contributed by atoms with Crippen LogP contribution in [0.15, 0.2) is 41.6 Å². The summed E-state index contributed by atoms with van der Waals surface area (Å²) in [5.41, 5.74) is 7.29. The lowest BCUT2D eigenvalue weighted by atomic mass is 9.89. The zero-order valence-corrected chi connectivity index (χ0v) is 29.4. The Morgan fingerprint density at radius 3 is 2.32 bits per heavy atom. The molecule has 0 saturated carbocycles. The maximum absolute atomic E-state index is 13.3. The van der Waals surface area contributed by atoms with Gasteiger partial charge in [-0.2, -0.15) is 0 Å². The number of urea groups is 1. The van der Waals surface area contributed by atoms with Crippen LogP contribution in [0.2, 0.25) is 20.1 Å². The van der Waals surface area contributed by atoms with Gasteiger partial charge in [-0.25, -0.2) is 4.79 Å². The van der Waals surface area contributed by atoms with Gasteiger partial charge in [0, 0.05) is 60.8 Å². The first-order valence-electron chi connectivity index (χ1n) is 15.4. The zero-order valence-electron chi connectivity index (χ0n) is 26.4. The molecule has 47 heavy (non-hydrogen) atoms. The van der Waals surface area contributed by atoms with Gasteiger partial charge in [-0.1, -0.05) is 57.6 Å². The van der Waals surface area contributed by atoms with E-state index < -0.39 is 18.6 Å². The Bertz CT molecular complexity index is 1450. The van der Waals surface area contributed by atoms with Crippen LogP contribution in [-0.2, 0) is 9.63 Å². The number of nitrogens with zero attached hydrogens (tertiary/aromatic N) is 5. The third-order valence-electron chi connectivity index (χ3n) is 8.71. The largest absolute Gasteiger partial charge is 0.399 e. The van der Waals surface area contributed by atoms with Crippen LogP contribution in [0.1, 0.15) is 47.5 Å². The number of oxime groups is 1. The van der Waals surface area contributed by atoms with Crippen molar-refractivity contribution < 1.29 is 24.3 Å². The predicted molar refractivity (Wildman–Crippen MR) is 185 cm³/mol. The number of amides is 4. The summed E-state index contributed by atoms with van der Waals surface area (Å²) in [5, 5.41) is 15.6. The Morgan fingerprint density at radius 2 is 1.72 bits per heavy atom. The van der Waals surface area contributed by atoms with E-state index in [4.69, 9.17) is 57.0 Å². The Morgan fingerprint density at radius 1 is 1.04 bits per heavy atom. The summed E-state index contributed by atoms with van der Waals surface area (Å²) in [6.45, 7) is 2.87. The molecule has 0 unspecified atom stereocenters. The number of rotatable bonds is 13. The predicted octanol–water partition coefficient (Wildman–Crippen LogP) is 4.99. The molecule has 0 aliphatic carbocycles. The molecule has 256 valence electrons. The molecular weight excluding hydrogens is 690 g/mol. The molecule has 0 radical (unpaired) electrons. The van der Waals surface area contributed by atoms with Crippen molar-refractivity contribution in [3.05, 3.63) is 67.6 Å². The number of aliphatic hydroxyl groups is 1. The van der Waals surface area contributed by atoms with Gasteiger partial charge >= 0.3 is 6.03 Å². The monoisotopic (exact) mass is 728 g/mol. The SMILES string of the molecule is CO/N=C(\CN(C)C(=O)c1cc(Cl)cc(Cl)c1)[C@H](CCN1CCC(N2CCCN([C@H](CO)C(N)=O)C2=O)CC1)c1ccc(Cl)c(Cl)c1. The molecule has 2 heterocycles. The molecule has 15 heteroatoms. The van der Waals surface area contributed by atoms with Crippen LogP contribution in [0.5, 0.6) is 0 Å². The summed E-state index contributed by atoms with van der Waals surface area (Å²) in [6.07, 6.45) is 2.86. The molecule has 2 aromatic rings. The van der Waals surface area contributed by atoms with E-state index in [-0.39, 0.29) is 30.4 Å². The fraction of sp³-hybridized carbons (Fsp3) is 0.500. The highest BCUT2D eigenvalue weighted by Crippen LogP contribution is 2.31. The molecule has 2 aromatic carbocycles. The Balaban J connectivity index is 1.46. The minimum Gasteiger partial charge on any atom is -0.399 e. The fourth-order valence-corrected chi connectivity index (χ4v) is 7.12. The number of piperidine rings is 1. The summed E-state index contributed by atoms with van der Waals surface area (Å²) in [7, 11) is 3.14. The number of carbonyl (C=O) groups is 3. The van der Waals surface area contributed by atoms with Gasteiger partial charge < -0.3 is 35.3 Å². The molecule has 2 atom stereocenters. The summed E-state index contributed by atoms with van der Waals surface area (Å²) in [6, 6.07) is 8.88. The van der Waals surface area contributed by atoms with Gasteiger partial charge in [0.15, 0.2) is 0 Å². The minimum absolute atomic E-state index is 0.0184. The van der Waals surface area contributed by atoms with Crippen LogP contribution in [0, 0.1) is 0 Å². The van der Waals surface area contributed by atoms with Gasteiger partial charge in [0.2, 0.25) is 5.91 Å². The van der Waals surface area contributed by atoms with Gasteiger partial charge in [0.05, 0.1) is 28.9 Å². The van der Waals surface area contributed by atoms with Crippen LogP contribution < -0.4 is 5.73 Å². The number of hydrogen-bond acceptors (Lipinski definition) is 7. The normalized spacial score (nSPS) is 17.9. The molecular formula is C32H40Cl4N6O5. The van der Waals surface area contributed by atoms with Crippen molar-refractivity contribution >= 4 is 70.0 Å². The first-order chi connectivity index (χ1) is 22.4. The average molecular weight is 731 g/mol. The lowest BCUT2D eigenvalue weighted by Gasteiger charge is -2.44. The fourth-order valence-electron chi connectivity index (χ4n) is 6.29. The van der Waals surface area contributed by atoms with Crippen molar-refractivity contribution in [2.75, 3.05) is 60.0 Å². The topological polar surface area (TPSA) is 132 Å². The van der Waals surface area contributed by atoms with E-state index in [0.29, 0.717) is 63.8 Å². The summed E-state index contributed by atoms with van der Waals surface area (Å²) < 4.78 is 0. The number of hydrogen-bond donors (Lipinski definition) is 2. The van der Waals surface area contributed by atoms with Crippen molar-refractivity contribution in [3.63, 3.8) is 0 Å². The molecule has 2 aliphatic heterocycles. The first-order valence-corrected chi connectivity index (χ1v) is 16.9. The molecule has 3 N–H and O–H groups in total. The highest BCUT2D eigenvalue weighted by Gasteiger charge is 2.38. The van der Waals surface area contributed by atoms with Gasteiger partial charge in [-0.15, -0.1) is 0 Å². The standard InChI is InChI=1S/C32H40Cl4N6O5/c1-39(31(45)21-14-22(33)17-23(34)15-21)18-28(38-47-2)25(20-4-5-26(35)27(36)16-20)8-13-40-11-6-24(7-12-40)41-9-3-10-42(32(41)46)29(19-43)30(37)44/h4-5,14-17,24-25,29,43H,3,6-13,18-19H2,1-2H3,(H2,37,44)/b38-28+/t25-,29-/m1/s1. The number of halogens is 4. The molecule has 4 rings (SSSR count). The maximum atomic E-state index is 13.3. The van der Waals surface area contributed by atoms with Crippen LogP contribution >= 0.6 is 46.4 Å². The molecule has 0 bridgehead atoms. The highest BCUT2D eigenvalue weighted by molar-refractivity contribution is 6.42. The Hall–Kier alpha value is -2.80. The van der Waals surface area contributed by atoms with E-state index in [0.717, 1.165) is 31.5 Å². The molecule has 0 aromatic heterocycles. The Kier molecular flexibility index (Phi) is 13.4. The van der Waals surface area contributed by atoms with Crippen LogP contribution in [0.25, 0.3) is 0 Å². The number of likely N-dealkylation sites (tertiary alicyclic amines) is 1. The quantitative estimate of drug-likeness (QED) is 0.221. The number of nitrogens with two attached hydrogens (primary N) is 1. The van der Waals surface area contributed by atoms with Gasteiger partial charge in [-0.05, 0) is 68.1 Å². The van der Waals surface area contributed by atoms with Crippen molar-refractivity contribution in [3.8, 4) is 0 Å². The van der Waals surface area contributed by atoms with Crippen molar-refractivity contribution in [1.29, 1.82) is 0 Å². The van der Waals surface area contributed by atoms with E-state index in [9.17, 15) is 19.5 Å². The second kappa shape index (κ2) is 17.0. The Labute approximate surface area is 295 Å². The van der Waals surface area contributed by atoms with E-state index in [1.165, 1.54) is 16.9 Å². The van der Waals surface area contributed by atoms with Crippen LogP contribution in [0.4, 0.5) is 4.79 Å². The number of aliphatic hydroxyl groups excluding tert-OH is 1. The van der Waals surface area contributed by atoms with Gasteiger partial charge in [0.1, 0.15) is 13.2 Å². The van der Waals surface area contributed by atoms with E-state index in [1.54, 1.807) is 31.3 Å². The van der Waals surface area contributed by atoms with Gasteiger partial charge in [0.25, 0.3) is 5.91 Å².